The molecule has 5 nitrogen and oxygen atoms in total. The Kier molecular flexibility index (Phi) is 5.56. The number of amides is 2. The highest BCUT2D eigenvalue weighted by Crippen LogP contribution is 2.24. The molecule has 1 saturated heterocycles. The summed E-state index contributed by atoms with van der Waals surface area (Å²) in [5.41, 5.74) is 2.91. The van der Waals surface area contributed by atoms with Crippen molar-refractivity contribution in [3.05, 3.63) is 84.9 Å². The molecule has 3 aromatic rings. The molecule has 1 aliphatic heterocycles. The van der Waals surface area contributed by atoms with E-state index in [0.717, 1.165) is 17.5 Å². The molecule has 1 N–H and O–H groups in total. The SMILES string of the molecule is O=C(Nc1ccc(-c2ccccc2)cc1)[C@H]1CCCN1C(=O)Oc1ccccc1. The summed E-state index contributed by atoms with van der Waals surface area (Å²) in [6, 6.07) is 26.1. The van der Waals surface area contributed by atoms with Gasteiger partial charge in [0.05, 0.1) is 0 Å². The van der Waals surface area contributed by atoms with Crippen LogP contribution in [0.3, 0.4) is 0 Å². The molecule has 2 amide bonds. The van der Waals surface area contributed by atoms with Crippen LogP contribution in [0.4, 0.5) is 10.5 Å². The van der Waals surface area contributed by atoms with Crippen molar-refractivity contribution in [1.82, 2.24) is 4.90 Å². The summed E-state index contributed by atoms with van der Waals surface area (Å²) in [6.45, 7) is 0.511. The van der Waals surface area contributed by atoms with Gasteiger partial charge in [0.2, 0.25) is 5.91 Å². The van der Waals surface area contributed by atoms with Gasteiger partial charge in [-0.2, -0.15) is 0 Å². The number of nitrogens with zero attached hydrogens (tertiary/aromatic N) is 1. The fourth-order valence-corrected chi connectivity index (χ4v) is 3.51. The van der Waals surface area contributed by atoms with Gasteiger partial charge in [-0.15, -0.1) is 0 Å². The number of benzene rings is 3. The monoisotopic (exact) mass is 386 g/mol. The van der Waals surface area contributed by atoms with E-state index in [4.69, 9.17) is 4.74 Å². The van der Waals surface area contributed by atoms with Gasteiger partial charge in [-0.05, 0) is 48.2 Å². The number of anilines is 1. The summed E-state index contributed by atoms with van der Waals surface area (Å²) in [5, 5.41) is 2.92. The molecule has 1 heterocycles. The minimum absolute atomic E-state index is 0.194. The van der Waals surface area contributed by atoms with Gasteiger partial charge in [0.1, 0.15) is 11.8 Å². The number of likely N-dealkylation sites (tertiary alicyclic amines) is 1. The average molecular weight is 386 g/mol. The Bertz CT molecular complexity index is 972. The highest BCUT2D eigenvalue weighted by Gasteiger charge is 2.35. The smallest absolute Gasteiger partial charge is 0.410 e. The molecule has 4 rings (SSSR count). The lowest BCUT2D eigenvalue weighted by molar-refractivity contribution is -0.119. The predicted molar refractivity (Wildman–Crippen MR) is 113 cm³/mol. The van der Waals surface area contributed by atoms with E-state index < -0.39 is 12.1 Å². The van der Waals surface area contributed by atoms with Crippen molar-refractivity contribution in [3.8, 4) is 16.9 Å². The van der Waals surface area contributed by atoms with Gasteiger partial charge in [0.15, 0.2) is 0 Å². The largest absolute Gasteiger partial charge is 0.415 e. The molecule has 1 aliphatic rings. The van der Waals surface area contributed by atoms with Crippen LogP contribution >= 0.6 is 0 Å². The topological polar surface area (TPSA) is 58.6 Å². The number of hydrogen-bond acceptors (Lipinski definition) is 3. The second-order valence-corrected chi connectivity index (χ2v) is 6.97. The maximum atomic E-state index is 12.8. The summed E-state index contributed by atoms with van der Waals surface area (Å²) in [6.07, 6.45) is 0.903. The lowest BCUT2D eigenvalue weighted by atomic mass is 10.1. The zero-order chi connectivity index (χ0) is 20.1. The predicted octanol–water partition coefficient (Wildman–Crippen LogP) is 4.96. The summed E-state index contributed by atoms with van der Waals surface area (Å²) in [4.78, 5) is 26.8. The molecular weight excluding hydrogens is 364 g/mol. The molecule has 0 bridgehead atoms. The van der Waals surface area contributed by atoms with Gasteiger partial charge in [-0.25, -0.2) is 4.79 Å². The van der Waals surface area contributed by atoms with Crippen molar-refractivity contribution in [2.24, 2.45) is 0 Å². The maximum absolute atomic E-state index is 12.8. The maximum Gasteiger partial charge on any atom is 0.415 e. The van der Waals surface area contributed by atoms with Crippen molar-refractivity contribution in [2.45, 2.75) is 18.9 Å². The van der Waals surface area contributed by atoms with E-state index in [1.54, 1.807) is 24.3 Å². The van der Waals surface area contributed by atoms with Crippen molar-refractivity contribution < 1.29 is 14.3 Å². The Morgan fingerprint density at radius 2 is 1.45 bits per heavy atom. The van der Waals surface area contributed by atoms with E-state index in [-0.39, 0.29) is 5.91 Å². The molecule has 0 aliphatic carbocycles. The summed E-state index contributed by atoms with van der Waals surface area (Å²) < 4.78 is 5.40. The van der Waals surface area contributed by atoms with E-state index in [0.29, 0.717) is 24.4 Å². The lowest BCUT2D eigenvalue weighted by Gasteiger charge is -2.23. The molecule has 1 fully saturated rings. The number of hydrogen-bond donors (Lipinski definition) is 1. The summed E-state index contributed by atoms with van der Waals surface area (Å²) >= 11 is 0. The zero-order valence-electron chi connectivity index (χ0n) is 16.0. The first-order chi connectivity index (χ1) is 14.2. The van der Waals surface area contributed by atoms with Crippen LogP contribution in [-0.4, -0.2) is 29.5 Å². The van der Waals surface area contributed by atoms with Crippen LogP contribution in [0, 0.1) is 0 Å². The number of carbonyl (C=O) groups excluding carboxylic acids is 2. The molecule has 3 aromatic carbocycles. The fourth-order valence-electron chi connectivity index (χ4n) is 3.51. The molecule has 0 radical (unpaired) electrons. The molecule has 29 heavy (non-hydrogen) atoms. The minimum atomic E-state index is -0.528. The van der Waals surface area contributed by atoms with Crippen LogP contribution in [0.15, 0.2) is 84.9 Å². The van der Waals surface area contributed by atoms with E-state index in [2.05, 4.69) is 5.32 Å². The first-order valence-electron chi connectivity index (χ1n) is 9.70. The summed E-state index contributed by atoms with van der Waals surface area (Å²) in [5.74, 6) is 0.278. The van der Waals surface area contributed by atoms with Crippen LogP contribution in [0.1, 0.15) is 12.8 Å². The van der Waals surface area contributed by atoms with Crippen molar-refractivity contribution in [1.29, 1.82) is 0 Å². The van der Waals surface area contributed by atoms with Crippen molar-refractivity contribution >= 4 is 17.7 Å². The van der Waals surface area contributed by atoms with Gasteiger partial charge in [-0.1, -0.05) is 60.7 Å². The van der Waals surface area contributed by atoms with E-state index >= 15 is 0 Å². The number of carbonyl (C=O) groups is 2. The normalized spacial score (nSPS) is 15.7. The van der Waals surface area contributed by atoms with Crippen molar-refractivity contribution in [2.75, 3.05) is 11.9 Å². The lowest BCUT2D eigenvalue weighted by Crippen LogP contribution is -2.44. The molecule has 0 unspecified atom stereocenters. The standard InChI is InChI=1S/C24H22N2O3/c27-23(25-20-15-13-19(14-16-20)18-8-3-1-4-9-18)22-12-7-17-26(22)24(28)29-21-10-5-2-6-11-21/h1-6,8-11,13-16,22H,7,12,17H2,(H,25,27)/t22-/m1/s1. The number of para-hydroxylation sites is 1. The second-order valence-electron chi connectivity index (χ2n) is 6.97. The first kappa shape index (κ1) is 18.7. The second kappa shape index (κ2) is 8.61. The van der Waals surface area contributed by atoms with Crippen LogP contribution in [0.25, 0.3) is 11.1 Å². The summed E-state index contributed by atoms with van der Waals surface area (Å²) in [7, 11) is 0. The quantitative estimate of drug-likeness (QED) is 0.690. The molecule has 146 valence electrons. The molecule has 1 atom stereocenters. The van der Waals surface area contributed by atoms with E-state index in [9.17, 15) is 9.59 Å². The van der Waals surface area contributed by atoms with E-state index in [1.165, 1.54) is 4.90 Å². The number of ether oxygens (including phenoxy) is 1. The van der Waals surface area contributed by atoms with Crippen LogP contribution < -0.4 is 10.1 Å². The first-order valence-corrected chi connectivity index (χ1v) is 9.70. The van der Waals surface area contributed by atoms with Crippen LogP contribution in [0.5, 0.6) is 5.75 Å². The Balaban J connectivity index is 1.40. The Labute approximate surface area is 169 Å². The fraction of sp³-hybridized carbons (Fsp3) is 0.167. The van der Waals surface area contributed by atoms with Gasteiger partial charge < -0.3 is 10.1 Å². The molecule has 0 spiro atoms. The third-order valence-electron chi connectivity index (χ3n) is 5.00. The van der Waals surface area contributed by atoms with Gasteiger partial charge >= 0.3 is 6.09 Å². The molecule has 0 saturated carbocycles. The van der Waals surface area contributed by atoms with Crippen molar-refractivity contribution in [3.63, 3.8) is 0 Å². The van der Waals surface area contributed by atoms with Gasteiger partial charge in [0, 0.05) is 12.2 Å². The third-order valence-corrected chi connectivity index (χ3v) is 5.00. The Hall–Kier alpha value is -3.60. The molecule has 0 aromatic heterocycles. The van der Waals surface area contributed by atoms with Crippen LogP contribution in [-0.2, 0) is 4.79 Å². The number of nitrogens with one attached hydrogen (secondary N) is 1. The van der Waals surface area contributed by atoms with Gasteiger partial charge in [0.25, 0.3) is 0 Å². The Morgan fingerprint density at radius 3 is 2.14 bits per heavy atom. The Morgan fingerprint density at radius 1 is 0.828 bits per heavy atom. The van der Waals surface area contributed by atoms with E-state index in [1.807, 2.05) is 60.7 Å². The third kappa shape index (κ3) is 4.46. The highest BCUT2D eigenvalue weighted by molar-refractivity contribution is 5.97. The highest BCUT2D eigenvalue weighted by atomic mass is 16.6. The van der Waals surface area contributed by atoms with Gasteiger partial charge in [-0.3, -0.25) is 9.69 Å². The zero-order valence-corrected chi connectivity index (χ0v) is 16.0. The van der Waals surface area contributed by atoms with Crippen LogP contribution in [0.2, 0.25) is 0 Å². The molecular formula is C24H22N2O3. The minimum Gasteiger partial charge on any atom is -0.410 e. The molecule has 5 heteroatoms. The number of rotatable bonds is 4. The average Bonchev–Trinajstić information content (AvgIpc) is 3.26.